The number of unbranched alkanes of at least 4 members (excludes halogenated alkanes) is 1. The molecule has 0 aliphatic rings. The van der Waals surface area contributed by atoms with Gasteiger partial charge in [0.2, 0.25) is 0 Å². The lowest BCUT2D eigenvalue weighted by Crippen LogP contribution is -2.07. The van der Waals surface area contributed by atoms with E-state index in [-0.39, 0.29) is 0 Å². The van der Waals surface area contributed by atoms with Gasteiger partial charge in [-0.05, 0) is 6.42 Å². The number of rotatable bonds is 4. The van der Waals surface area contributed by atoms with Crippen molar-refractivity contribution >= 4 is 12.6 Å². The van der Waals surface area contributed by atoms with Crippen LogP contribution in [0.15, 0.2) is 10.1 Å². The third-order valence-corrected chi connectivity index (χ3v) is 0.964. The zero-order valence-corrected chi connectivity index (χ0v) is 6.91. The average molecular weight is 141 g/mol. The number of hydrogen-bond acceptors (Lipinski definition) is 2. The zero-order valence-electron chi connectivity index (χ0n) is 6.91. The van der Waals surface area contributed by atoms with Crippen molar-refractivity contribution in [2.45, 2.75) is 19.8 Å². The predicted molar refractivity (Wildman–Crippen MR) is 45.6 cm³/mol. The Kier molecular flexibility index (Phi) is 5.72. The number of aliphatic imine (C=N–C) groups is 1. The number of hydrazone groups is 1. The summed E-state index contributed by atoms with van der Waals surface area (Å²) in [7, 11) is 3.59. The molecule has 0 rings (SSSR count). The smallest absolute Gasteiger partial charge is 0.105 e. The largest absolute Gasteiger partial charge is 0.277 e. The Balaban J connectivity index is 3.45. The molecule has 10 heavy (non-hydrogen) atoms. The van der Waals surface area contributed by atoms with Crippen LogP contribution in [0.25, 0.3) is 0 Å². The highest BCUT2D eigenvalue weighted by Gasteiger charge is 1.80. The molecular formula is C7H15N3. The van der Waals surface area contributed by atoms with Crippen molar-refractivity contribution in [2.24, 2.45) is 10.1 Å². The Hall–Kier alpha value is -0.860. The minimum Gasteiger partial charge on any atom is -0.277 e. The van der Waals surface area contributed by atoms with Crippen LogP contribution >= 0.6 is 0 Å². The monoisotopic (exact) mass is 141 g/mol. The molecule has 0 unspecified atom stereocenters. The molecule has 0 fully saturated rings. The van der Waals surface area contributed by atoms with Crippen molar-refractivity contribution in [3.05, 3.63) is 0 Å². The normalized spacial score (nSPS) is 11.5. The number of hydrogen-bond donors (Lipinski definition) is 0. The number of nitrogens with zero attached hydrogens (tertiary/aromatic N) is 3. The highest BCUT2D eigenvalue weighted by atomic mass is 15.4. The van der Waals surface area contributed by atoms with E-state index in [1.807, 2.05) is 13.3 Å². The van der Waals surface area contributed by atoms with Gasteiger partial charge < -0.3 is 0 Å². The molecule has 58 valence electrons. The van der Waals surface area contributed by atoms with E-state index in [0.29, 0.717) is 0 Å². The fourth-order valence-corrected chi connectivity index (χ4v) is 0.513. The van der Waals surface area contributed by atoms with Crippen LogP contribution in [0, 0.1) is 0 Å². The second-order valence-corrected chi connectivity index (χ2v) is 2.03. The third kappa shape index (κ3) is 5.28. The summed E-state index contributed by atoms with van der Waals surface area (Å²) in [4.78, 5) is 3.80. The lowest BCUT2D eigenvalue weighted by molar-refractivity contribution is 0.561. The van der Waals surface area contributed by atoms with Crippen LogP contribution in [0.2, 0.25) is 0 Å². The molecule has 0 aromatic heterocycles. The van der Waals surface area contributed by atoms with Crippen molar-refractivity contribution < 1.29 is 0 Å². The van der Waals surface area contributed by atoms with Crippen molar-refractivity contribution in [1.29, 1.82) is 0 Å². The lowest BCUT2D eigenvalue weighted by atomic mass is 10.4. The molecule has 0 aliphatic carbocycles. The molecule has 0 amide bonds. The van der Waals surface area contributed by atoms with Crippen LogP contribution in [0.3, 0.4) is 0 Å². The second-order valence-electron chi connectivity index (χ2n) is 2.03. The molecule has 0 heterocycles. The SMILES string of the molecule is CCC/C=N/N(C)/C=N\C. The molecule has 0 saturated carbocycles. The van der Waals surface area contributed by atoms with Crippen molar-refractivity contribution in [3.63, 3.8) is 0 Å². The summed E-state index contributed by atoms with van der Waals surface area (Å²) in [6.45, 7) is 2.12. The van der Waals surface area contributed by atoms with Crippen LogP contribution in [0.4, 0.5) is 0 Å². The molecular weight excluding hydrogens is 126 g/mol. The van der Waals surface area contributed by atoms with Gasteiger partial charge in [-0.25, -0.2) is 0 Å². The maximum atomic E-state index is 4.06. The summed E-state index contributed by atoms with van der Waals surface area (Å²) in [6.07, 6.45) is 5.73. The Morgan fingerprint density at radius 2 is 2.20 bits per heavy atom. The van der Waals surface area contributed by atoms with E-state index < -0.39 is 0 Å². The minimum atomic E-state index is 1.03. The molecule has 0 aliphatic heterocycles. The second kappa shape index (κ2) is 6.26. The standard InChI is InChI=1S/C7H15N3/c1-4-5-6-9-10(3)7-8-2/h6-7H,4-5H2,1-3H3/b8-7-,9-6+. The van der Waals surface area contributed by atoms with Crippen LogP contribution in [-0.2, 0) is 0 Å². The third-order valence-electron chi connectivity index (χ3n) is 0.964. The summed E-state index contributed by atoms with van der Waals surface area (Å²) in [6, 6.07) is 0. The van der Waals surface area contributed by atoms with E-state index in [4.69, 9.17) is 0 Å². The zero-order chi connectivity index (χ0) is 7.82. The van der Waals surface area contributed by atoms with E-state index in [2.05, 4.69) is 17.0 Å². The first kappa shape index (κ1) is 9.14. The van der Waals surface area contributed by atoms with Gasteiger partial charge in [-0.1, -0.05) is 13.3 Å². The van der Waals surface area contributed by atoms with Gasteiger partial charge in [-0.3, -0.25) is 10.0 Å². The van der Waals surface area contributed by atoms with Gasteiger partial charge in [-0.2, -0.15) is 5.10 Å². The van der Waals surface area contributed by atoms with E-state index in [1.54, 1.807) is 18.4 Å². The molecule has 0 spiro atoms. The van der Waals surface area contributed by atoms with Crippen LogP contribution in [-0.4, -0.2) is 31.7 Å². The molecule has 0 radical (unpaired) electrons. The topological polar surface area (TPSA) is 28.0 Å². The van der Waals surface area contributed by atoms with Crippen LogP contribution in [0.1, 0.15) is 19.8 Å². The summed E-state index contributed by atoms with van der Waals surface area (Å²) < 4.78 is 0. The predicted octanol–water partition coefficient (Wildman–Crippen LogP) is 1.36. The summed E-state index contributed by atoms with van der Waals surface area (Å²) in [5, 5.41) is 5.75. The maximum absolute atomic E-state index is 4.06. The van der Waals surface area contributed by atoms with E-state index in [1.165, 1.54) is 0 Å². The molecule has 0 aromatic carbocycles. The van der Waals surface area contributed by atoms with Crippen LogP contribution in [0.5, 0.6) is 0 Å². The van der Waals surface area contributed by atoms with Gasteiger partial charge in [0.05, 0.1) is 0 Å². The summed E-state index contributed by atoms with van der Waals surface area (Å²) in [5.74, 6) is 0. The van der Waals surface area contributed by atoms with Crippen LogP contribution < -0.4 is 0 Å². The first-order chi connectivity index (χ1) is 4.81. The lowest BCUT2D eigenvalue weighted by Gasteiger charge is -2.02. The first-order valence-electron chi connectivity index (χ1n) is 3.48. The van der Waals surface area contributed by atoms with Gasteiger partial charge in [0.25, 0.3) is 0 Å². The Morgan fingerprint density at radius 1 is 1.50 bits per heavy atom. The van der Waals surface area contributed by atoms with E-state index in [9.17, 15) is 0 Å². The highest BCUT2D eigenvalue weighted by Crippen LogP contribution is 1.82. The fourth-order valence-electron chi connectivity index (χ4n) is 0.513. The van der Waals surface area contributed by atoms with E-state index >= 15 is 0 Å². The van der Waals surface area contributed by atoms with Crippen molar-refractivity contribution in [2.75, 3.05) is 14.1 Å². The van der Waals surface area contributed by atoms with E-state index in [0.717, 1.165) is 12.8 Å². The summed E-state index contributed by atoms with van der Waals surface area (Å²) in [5.41, 5.74) is 0. The molecule has 3 nitrogen and oxygen atoms in total. The molecule has 0 bridgehead atoms. The minimum absolute atomic E-state index is 1.03. The molecule has 3 heteroatoms. The average Bonchev–Trinajstić information content (AvgIpc) is 1.89. The quantitative estimate of drug-likeness (QED) is 0.330. The Morgan fingerprint density at radius 3 is 2.70 bits per heavy atom. The Labute approximate surface area is 62.4 Å². The van der Waals surface area contributed by atoms with Gasteiger partial charge in [0.15, 0.2) is 0 Å². The highest BCUT2D eigenvalue weighted by molar-refractivity contribution is 5.60. The van der Waals surface area contributed by atoms with Crippen molar-refractivity contribution in [3.8, 4) is 0 Å². The summed E-state index contributed by atoms with van der Waals surface area (Å²) >= 11 is 0. The van der Waals surface area contributed by atoms with Gasteiger partial charge in [0.1, 0.15) is 6.34 Å². The molecule has 0 saturated heterocycles. The maximum Gasteiger partial charge on any atom is 0.105 e. The van der Waals surface area contributed by atoms with Gasteiger partial charge in [0, 0.05) is 20.3 Å². The fraction of sp³-hybridized carbons (Fsp3) is 0.714. The molecule has 0 aromatic rings. The van der Waals surface area contributed by atoms with Gasteiger partial charge >= 0.3 is 0 Å². The molecule has 0 atom stereocenters. The van der Waals surface area contributed by atoms with Gasteiger partial charge in [-0.15, -0.1) is 0 Å². The van der Waals surface area contributed by atoms with Crippen molar-refractivity contribution in [1.82, 2.24) is 5.01 Å². The first-order valence-corrected chi connectivity index (χ1v) is 3.48. The molecule has 0 N–H and O–H groups in total. The Bertz CT molecular complexity index is 118.